The third-order valence-electron chi connectivity index (χ3n) is 3.56. The molecule has 0 saturated carbocycles. The molecule has 1 aromatic carbocycles. The van der Waals surface area contributed by atoms with Crippen molar-refractivity contribution < 1.29 is 9.13 Å². The molecule has 6 nitrogen and oxygen atoms in total. The molecule has 0 aliphatic carbocycles. The van der Waals surface area contributed by atoms with Crippen LogP contribution < -0.4 is 10.1 Å². The monoisotopic (exact) mass is 345 g/mol. The minimum absolute atomic E-state index is 0.337. The van der Waals surface area contributed by atoms with Crippen LogP contribution in [0.15, 0.2) is 30.6 Å². The quantitative estimate of drug-likeness (QED) is 0.718. The predicted octanol–water partition coefficient (Wildman–Crippen LogP) is 3.22. The molecule has 0 bridgehead atoms. The summed E-state index contributed by atoms with van der Waals surface area (Å²) in [5.41, 5.74) is 1.03. The van der Waals surface area contributed by atoms with Crippen molar-refractivity contribution in [3.63, 3.8) is 0 Å². The lowest BCUT2D eigenvalue weighted by Crippen LogP contribution is -2.12. The molecule has 0 unspecified atom stereocenters. The summed E-state index contributed by atoms with van der Waals surface area (Å²) >= 11 is 5.80. The highest BCUT2D eigenvalue weighted by atomic mass is 35.5. The number of anilines is 1. The maximum absolute atomic E-state index is 13.8. The highest BCUT2D eigenvalue weighted by Crippen LogP contribution is 2.30. The Morgan fingerprint density at radius 2 is 2.17 bits per heavy atom. The minimum atomic E-state index is -0.418. The fraction of sp³-hybridized carbons (Fsp3) is 0.188. The summed E-state index contributed by atoms with van der Waals surface area (Å²) in [6.45, 7) is 0.922. The number of benzene rings is 1. The van der Waals surface area contributed by atoms with Crippen molar-refractivity contribution >= 4 is 28.3 Å². The van der Waals surface area contributed by atoms with Crippen LogP contribution in [0.25, 0.3) is 10.9 Å². The van der Waals surface area contributed by atoms with Crippen molar-refractivity contribution in [1.82, 2.24) is 14.5 Å². The van der Waals surface area contributed by atoms with Crippen LogP contribution in [-0.2, 0) is 6.54 Å². The van der Waals surface area contributed by atoms with Crippen LogP contribution in [0.3, 0.4) is 0 Å². The molecule has 0 amide bonds. The molecule has 122 valence electrons. The Labute approximate surface area is 142 Å². The van der Waals surface area contributed by atoms with E-state index < -0.39 is 5.82 Å². The van der Waals surface area contributed by atoms with Crippen LogP contribution in [0.4, 0.5) is 10.2 Å². The smallest absolute Gasteiger partial charge is 0.134 e. The molecule has 0 atom stereocenters. The number of nitriles is 1. The van der Waals surface area contributed by atoms with Crippen LogP contribution in [0, 0.1) is 17.1 Å². The first-order valence-electron chi connectivity index (χ1n) is 7.10. The number of fused-ring (bicyclic) bond motifs is 1. The Morgan fingerprint density at radius 1 is 1.33 bits per heavy atom. The molecule has 0 fully saturated rings. The molecule has 3 aromatic rings. The van der Waals surface area contributed by atoms with Gasteiger partial charge in [-0.3, -0.25) is 0 Å². The van der Waals surface area contributed by atoms with Gasteiger partial charge in [0.05, 0.1) is 12.6 Å². The van der Waals surface area contributed by atoms with E-state index in [1.807, 2.05) is 0 Å². The van der Waals surface area contributed by atoms with Gasteiger partial charge in [-0.25, -0.2) is 14.4 Å². The molecule has 0 aliphatic rings. The van der Waals surface area contributed by atoms with Crippen molar-refractivity contribution in [1.29, 1.82) is 5.26 Å². The minimum Gasteiger partial charge on any atom is -0.496 e. The Morgan fingerprint density at radius 3 is 2.88 bits per heavy atom. The molecule has 2 aromatic heterocycles. The van der Waals surface area contributed by atoms with Gasteiger partial charge in [0.2, 0.25) is 0 Å². The Kier molecular flexibility index (Phi) is 4.49. The first-order valence-corrected chi connectivity index (χ1v) is 7.48. The number of methoxy groups -OCH3 is 1. The normalized spacial score (nSPS) is 10.6. The van der Waals surface area contributed by atoms with E-state index in [0.29, 0.717) is 46.4 Å². The summed E-state index contributed by atoms with van der Waals surface area (Å²) in [7, 11) is 1.47. The van der Waals surface area contributed by atoms with Gasteiger partial charge in [0.1, 0.15) is 40.6 Å². The zero-order chi connectivity index (χ0) is 17.1. The van der Waals surface area contributed by atoms with Crippen molar-refractivity contribution in [2.75, 3.05) is 19.0 Å². The van der Waals surface area contributed by atoms with E-state index in [9.17, 15) is 9.65 Å². The highest BCUT2D eigenvalue weighted by Gasteiger charge is 2.14. The lowest BCUT2D eigenvalue weighted by atomic mass is 10.2. The zero-order valence-electron chi connectivity index (χ0n) is 12.8. The maximum atomic E-state index is 13.8. The van der Waals surface area contributed by atoms with E-state index in [4.69, 9.17) is 16.3 Å². The second-order valence-electron chi connectivity index (χ2n) is 4.99. The van der Waals surface area contributed by atoms with Crippen molar-refractivity contribution in [3.05, 3.63) is 47.3 Å². The highest BCUT2D eigenvalue weighted by molar-refractivity contribution is 6.29. The summed E-state index contributed by atoms with van der Waals surface area (Å²) in [4.78, 5) is 7.85. The summed E-state index contributed by atoms with van der Waals surface area (Å²) in [5, 5.41) is 13.5. The molecule has 24 heavy (non-hydrogen) atoms. The topological polar surface area (TPSA) is 75.8 Å². The largest absolute Gasteiger partial charge is 0.496 e. The number of rotatable bonds is 5. The fourth-order valence-corrected chi connectivity index (χ4v) is 2.67. The average Bonchev–Trinajstić information content (AvgIpc) is 2.92. The third-order valence-corrected chi connectivity index (χ3v) is 3.76. The Hall–Kier alpha value is -2.85. The number of hydrogen-bond acceptors (Lipinski definition) is 5. The van der Waals surface area contributed by atoms with Crippen LogP contribution in [-0.4, -0.2) is 28.2 Å². The van der Waals surface area contributed by atoms with Gasteiger partial charge in [-0.15, -0.1) is 0 Å². The van der Waals surface area contributed by atoms with Crippen molar-refractivity contribution in [2.45, 2.75) is 6.54 Å². The van der Waals surface area contributed by atoms with Gasteiger partial charge in [-0.1, -0.05) is 11.6 Å². The molecule has 0 spiro atoms. The fourth-order valence-electron chi connectivity index (χ4n) is 2.52. The van der Waals surface area contributed by atoms with E-state index in [-0.39, 0.29) is 0 Å². The molecule has 2 heterocycles. The van der Waals surface area contributed by atoms with Gasteiger partial charge in [0, 0.05) is 30.6 Å². The summed E-state index contributed by atoms with van der Waals surface area (Å²) in [6.07, 6.45) is 1.36. The van der Waals surface area contributed by atoms with Gasteiger partial charge >= 0.3 is 0 Å². The third kappa shape index (κ3) is 3.09. The SMILES string of the molecule is COc1cc(F)cc2c1cc(C#N)n2CCNc1cc(Cl)ncn1. The van der Waals surface area contributed by atoms with Crippen molar-refractivity contribution in [2.24, 2.45) is 0 Å². The maximum Gasteiger partial charge on any atom is 0.134 e. The number of nitrogens with one attached hydrogen (secondary N) is 1. The molecule has 3 rings (SSSR count). The Balaban J connectivity index is 1.88. The zero-order valence-corrected chi connectivity index (χ0v) is 13.5. The second-order valence-corrected chi connectivity index (χ2v) is 5.37. The van der Waals surface area contributed by atoms with E-state index in [2.05, 4.69) is 21.4 Å². The molecular weight excluding hydrogens is 333 g/mol. The number of hydrogen-bond donors (Lipinski definition) is 1. The second kappa shape index (κ2) is 6.72. The van der Waals surface area contributed by atoms with Crippen LogP contribution in [0.1, 0.15) is 5.69 Å². The first kappa shape index (κ1) is 16.0. The number of nitrogens with zero attached hydrogens (tertiary/aromatic N) is 4. The van der Waals surface area contributed by atoms with Gasteiger partial charge in [0.15, 0.2) is 0 Å². The van der Waals surface area contributed by atoms with Crippen LogP contribution >= 0.6 is 11.6 Å². The van der Waals surface area contributed by atoms with E-state index >= 15 is 0 Å². The van der Waals surface area contributed by atoms with Crippen LogP contribution in [0.2, 0.25) is 5.15 Å². The lowest BCUT2D eigenvalue weighted by Gasteiger charge is -2.10. The van der Waals surface area contributed by atoms with E-state index in [1.165, 1.54) is 25.6 Å². The van der Waals surface area contributed by atoms with E-state index in [1.54, 1.807) is 16.7 Å². The van der Waals surface area contributed by atoms with Gasteiger partial charge in [-0.2, -0.15) is 5.26 Å². The molecular formula is C16H13ClFN5O. The molecule has 0 saturated heterocycles. The standard InChI is InChI=1S/C16H13ClFN5O/c1-24-14-5-10(18)4-13-12(14)6-11(8-19)23(13)3-2-20-16-7-15(17)21-9-22-16/h4-7,9H,2-3H2,1H3,(H,20,21,22). The number of halogens is 2. The molecule has 0 radical (unpaired) electrons. The summed E-state index contributed by atoms with van der Waals surface area (Å²) in [6, 6.07) is 8.10. The van der Waals surface area contributed by atoms with Gasteiger partial charge in [0.25, 0.3) is 0 Å². The summed E-state index contributed by atoms with van der Waals surface area (Å²) < 4.78 is 20.7. The Bertz CT molecular complexity index is 934. The number of ether oxygens (including phenoxy) is 1. The van der Waals surface area contributed by atoms with Gasteiger partial charge in [-0.05, 0) is 12.1 Å². The molecule has 8 heteroatoms. The lowest BCUT2D eigenvalue weighted by molar-refractivity contribution is 0.416. The first-order chi connectivity index (χ1) is 11.6. The number of aromatic nitrogens is 3. The molecule has 1 N–H and O–H groups in total. The summed E-state index contributed by atoms with van der Waals surface area (Å²) in [5.74, 6) is 0.559. The van der Waals surface area contributed by atoms with Gasteiger partial charge < -0.3 is 14.6 Å². The molecule has 0 aliphatic heterocycles. The van der Waals surface area contributed by atoms with Crippen molar-refractivity contribution in [3.8, 4) is 11.8 Å². The average molecular weight is 346 g/mol. The van der Waals surface area contributed by atoms with Crippen LogP contribution in [0.5, 0.6) is 5.75 Å². The predicted molar refractivity (Wildman–Crippen MR) is 88.7 cm³/mol. The van der Waals surface area contributed by atoms with E-state index in [0.717, 1.165) is 0 Å².